The summed E-state index contributed by atoms with van der Waals surface area (Å²) in [6.45, 7) is 4.72. The van der Waals surface area contributed by atoms with Crippen molar-refractivity contribution < 1.29 is 5.11 Å². The number of hydrogen-bond acceptors (Lipinski definition) is 2. The van der Waals surface area contributed by atoms with E-state index in [4.69, 9.17) is 0 Å². The molecule has 0 aliphatic heterocycles. The summed E-state index contributed by atoms with van der Waals surface area (Å²) in [5, 5.41) is 13.5. The summed E-state index contributed by atoms with van der Waals surface area (Å²) in [6, 6.07) is 0.640. The molecule has 17 heavy (non-hydrogen) atoms. The molecule has 1 saturated carbocycles. The van der Waals surface area contributed by atoms with Gasteiger partial charge in [0.1, 0.15) is 0 Å². The zero-order chi connectivity index (χ0) is 12.6. The Labute approximate surface area is 107 Å². The van der Waals surface area contributed by atoms with E-state index in [0.29, 0.717) is 12.6 Å². The van der Waals surface area contributed by atoms with Crippen LogP contribution in [-0.2, 0) is 0 Å². The van der Waals surface area contributed by atoms with E-state index < -0.39 is 0 Å². The summed E-state index contributed by atoms with van der Waals surface area (Å²) < 4.78 is 0. The molecule has 1 unspecified atom stereocenters. The maximum absolute atomic E-state index is 9.74. The van der Waals surface area contributed by atoms with Crippen molar-refractivity contribution in [3.8, 4) is 0 Å². The molecule has 1 aliphatic carbocycles. The van der Waals surface area contributed by atoms with E-state index >= 15 is 0 Å². The van der Waals surface area contributed by atoms with Gasteiger partial charge in [-0.15, -0.1) is 0 Å². The molecule has 1 atom stereocenters. The number of nitrogens with one attached hydrogen (secondary N) is 1. The first-order valence-electron chi connectivity index (χ1n) is 7.65. The highest BCUT2D eigenvalue weighted by Gasteiger charge is 2.29. The van der Waals surface area contributed by atoms with Crippen LogP contribution < -0.4 is 5.32 Å². The molecule has 0 bridgehead atoms. The van der Waals surface area contributed by atoms with Crippen LogP contribution in [0.5, 0.6) is 0 Å². The van der Waals surface area contributed by atoms with Crippen molar-refractivity contribution in [1.29, 1.82) is 0 Å². The largest absolute Gasteiger partial charge is 0.394 e. The lowest BCUT2D eigenvalue weighted by atomic mass is 9.88. The highest BCUT2D eigenvalue weighted by molar-refractivity contribution is 4.89. The molecule has 1 aliphatic rings. The lowest BCUT2D eigenvalue weighted by Crippen LogP contribution is -2.52. The van der Waals surface area contributed by atoms with Crippen molar-refractivity contribution in [3.05, 3.63) is 0 Å². The Balaban J connectivity index is 2.50. The summed E-state index contributed by atoms with van der Waals surface area (Å²) in [7, 11) is 0. The topological polar surface area (TPSA) is 32.3 Å². The van der Waals surface area contributed by atoms with E-state index in [1.54, 1.807) is 0 Å². The first-order chi connectivity index (χ1) is 8.26. The van der Waals surface area contributed by atoms with Crippen molar-refractivity contribution in [2.24, 2.45) is 0 Å². The van der Waals surface area contributed by atoms with Crippen LogP contribution in [0, 0.1) is 0 Å². The normalized spacial score (nSPS) is 22.1. The summed E-state index contributed by atoms with van der Waals surface area (Å²) in [5.74, 6) is 0. The smallest absolute Gasteiger partial charge is 0.0613 e. The molecular weight excluding hydrogens is 210 g/mol. The number of hydrogen-bond donors (Lipinski definition) is 2. The SMILES string of the molecule is CCCCC(CC)(CO)NC1CCCCCC1. The molecule has 0 aromatic heterocycles. The molecule has 0 aromatic carbocycles. The quantitative estimate of drug-likeness (QED) is 0.667. The van der Waals surface area contributed by atoms with Gasteiger partial charge >= 0.3 is 0 Å². The molecule has 102 valence electrons. The molecule has 0 aromatic rings. The molecule has 1 rings (SSSR count). The van der Waals surface area contributed by atoms with Crippen molar-refractivity contribution in [2.75, 3.05) is 6.61 Å². The predicted molar refractivity (Wildman–Crippen MR) is 74.3 cm³/mol. The Morgan fingerprint density at radius 3 is 2.24 bits per heavy atom. The van der Waals surface area contributed by atoms with Crippen LogP contribution in [0.1, 0.15) is 78.1 Å². The Morgan fingerprint density at radius 2 is 1.76 bits per heavy atom. The second kappa shape index (κ2) is 8.10. The van der Waals surface area contributed by atoms with Gasteiger partial charge < -0.3 is 10.4 Å². The molecule has 0 radical (unpaired) electrons. The fraction of sp³-hybridized carbons (Fsp3) is 1.00. The van der Waals surface area contributed by atoms with Crippen LogP contribution in [0.3, 0.4) is 0 Å². The van der Waals surface area contributed by atoms with Gasteiger partial charge in [0.25, 0.3) is 0 Å². The van der Waals surface area contributed by atoms with Crippen LogP contribution in [0.15, 0.2) is 0 Å². The second-order valence-electron chi connectivity index (χ2n) is 5.73. The average Bonchev–Trinajstić information content (AvgIpc) is 2.63. The minimum atomic E-state index is -0.00891. The monoisotopic (exact) mass is 241 g/mol. The Kier molecular flexibility index (Phi) is 7.14. The summed E-state index contributed by atoms with van der Waals surface area (Å²) in [5.41, 5.74) is -0.00891. The van der Waals surface area contributed by atoms with Crippen LogP contribution in [0.25, 0.3) is 0 Å². The minimum Gasteiger partial charge on any atom is -0.394 e. The Hall–Kier alpha value is -0.0800. The van der Waals surface area contributed by atoms with E-state index in [9.17, 15) is 5.11 Å². The lowest BCUT2D eigenvalue weighted by Gasteiger charge is -2.36. The van der Waals surface area contributed by atoms with Crippen molar-refractivity contribution >= 4 is 0 Å². The standard InChI is InChI=1S/C15H31NO/c1-3-5-12-15(4-2,13-17)16-14-10-8-6-7-9-11-14/h14,16-17H,3-13H2,1-2H3. The third-order valence-electron chi connectivity index (χ3n) is 4.35. The van der Waals surface area contributed by atoms with Crippen LogP contribution in [0.4, 0.5) is 0 Å². The van der Waals surface area contributed by atoms with Gasteiger partial charge in [0.2, 0.25) is 0 Å². The maximum Gasteiger partial charge on any atom is 0.0613 e. The fourth-order valence-corrected chi connectivity index (χ4v) is 2.96. The van der Waals surface area contributed by atoms with Gasteiger partial charge in [-0.1, -0.05) is 52.4 Å². The van der Waals surface area contributed by atoms with E-state index in [1.807, 2.05) is 0 Å². The van der Waals surface area contributed by atoms with E-state index in [0.717, 1.165) is 12.8 Å². The van der Waals surface area contributed by atoms with E-state index in [-0.39, 0.29) is 5.54 Å². The number of unbranched alkanes of at least 4 members (excludes halogenated alkanes) is 1. The van der Waals surface area contributed by atoms with Crippen molar-refractivity contribution in [2.45, 2.75) is 89.6 Å². The lowest BCUT2D eigenvalue weighted by molar-refractivity contribution is 0.127. The molecule has 1 fully saturated rings. The first kappa shape index (κ1) is 15.0. The van der Waals surface area contributed by atoms with Crippen molar-refractivity contribution in [3.63, 3.8) is 0 Å². The molecule has 2 heteroatoms. The predicted octanol–water partition coefficient (Wildman–Crippen LogP) is 3.63. The first-order valence-corrected chi connectivity index (χ1v) is 7.65. The second-order valence-corrected chi connectivity index (χ2v) is 5.73. The third kappa shape index (κ3) is 4.97. The van der Waals surface area contributed by atoms with Gasteiger partial charge in [-0.2, -0.15) is 0 Å². The van der Waals surface area contributed by atoms with Crippen LogP contribution in [-0.4, -0.2) is 23.3 Å². The molecule has 2 N–H and O–H groups in total. The average molecular weight is 241 g/mol. The molecular formula is C15H31NO. The summed E-state index contributed by atoms with van der Waals surface area (Å²) in [6.07, 6.45) is 12.7. The van der Waals surface area contributed by atoms with Gasteiger partial charge in [0.05, 0.1) is 6.61 Å². The molecule has 0 heterocycles. The van der Waals surface area contributed by atoms with Gasteiger partial charge in [-0.05, 0) is 25.7 Å². The Morgan fingerprint density at radius 1 is 1.12 bits per heavy atom. The number of rotatable bonds is 7. The number of aliphatic hydroxyl groups excluding tert-OH is 1. The van der Waals surface area contributed by atoms with Gasteiger partial charge in [0.15, 0.2) is 0 Å². The molecule has 2 nitrogen and oxygen atoms in total. The summed E-state index contributed by atoms with van der Waals surface area (Å²) in [4.78, 5) is 0. The maximum atomic E-state index is 9.74. The number of aliphatic hydroxyl groups is 1. The summed E-state index contributed by atoms with van der Waals surface area (Å²) >= 11 is 0. The van der Waals surface area contributed by atoms with Crippen LogP contribution in [0.2, 0.25) is 0 Å². The minimum absolute atomic E-state index is 0.00891. The fourth-order valence-electron chi connectivity index (χ4n) is 2.96. The van der Waals surface area contributed by atoms with Gasteiger partial charge in [0, 0.05) is 11.6 Å². The highest BCUT2D eigenvalue weighted by atomic mass is 16.3. The molecule has 0 amide bonds. The zero-order valence-corrected chi connectivity index (χ0v) is 11.8. The third-order valence-corrected chi connectivity index (χ3v) is 4.35. The van der Waals surface area contributed by atoms with Crippen LogP contribution >= 0.6 is 0 Å². The highest BCUT2D eigenvalue weighted by Crippen LogP contribution is 2.24. The van der Waals surface area contributed by atoms with Crippen molar-refractivity contribution in [1.82, 2.24) is 5.32 Å². The zero-order valence-electron chi connectivity index (χ0n) is 11.8. The van der Waals surface area contributed by atoms with Gasteiger partial charge in [-0.3, -0.25) is 0 Å². The van der Waals surface area contributed by atoms with E-state index in [2.05, 4.69) is 19.2 Å². The van der Waals surface area contributed by atoms with Gasteiger partial charge in [-0.25, -0.2) is 0 Å². The molecule has 0 spiro atoms. The van der Waals surface area contributed by atoms with E-state index in [1.165, 1.54) is 51.4 Å². The molecule has 0 saturated heterocycles. The Bertz CT molecular complexity index is 181.